The van der Waals surface area contributed by atoms with Crippen molar-refractivity contribution in [2.24, 2.45) is 4.99 Å². The van der Waals surface area contributed by atoms with Crippen LogP contribution in [0.2, 0.25) is 0 Å². The lowest BCUT2D eigenvalue weighted by Gasteiger charge is -1.93. The molecule has 0 radical (unpaired) electrons. The summed E-state index contributed by atoms with van der Waals surface area (Å²) in [6.07, 6.45) is 0. The summed E-state index contributed by atoms with van der Waals surface area (Å²) in [5.74, 6) is 0. The second-order valence-corrected chi connectivity index (χ2v) is 2.75. The Labute approximate surface area is 79.3 Å². The van der Waals surface area contributed by atoms with E-state index >= 15 is 0 Å². The van der Waals surface area contributed by atoms with Crippen LogP contribution in [-0.2, 0) is 5.33 Å². The lowest BCUT2D eigenvalue weighted by atomic mass is 10.2. The van der Waals surface area contributed by atoms with Gasteiger partial charge in [-0.1, -0.05) is 28.1 Å². The van der Waals surface area contributed by atoms with Crippen LogP contribution in [0.15, 0.2) is 29.3 Å². The Bertz CT molecular complexity index is 275. The van der Waals surface area contributed by atoms with E-state index in [1.165, 1.54) is 5.56 Å². The molecule has 0 saturated carbocycles. The molecule has 0 bridgehead atoms. The van der Waals surface area contributed by atoms with Gasteiger partial charge >= 0.3 is 0 Å². The van der Waals surface area contributed by atoms with Crippen LogP contribution in [0.1, 0.15) is 5.56 Å². The summed E-state index contributed by atoms with van der Waals surface area (Å²) >= 11 is 7.82. The van der Waals surface area contributed by atoms with E-state index in [1.54, 1.807) is 0 Å². The van der Waals surface area contributed by atoms with Crippen LogP contribution in [0.5, 0.6) is 0 Å². The summed E-state index contributed by atoms with van der Waals surface area (Å²) in [6, 6.07) is 7.83. The van der Waals surface area contributed by atoms with Crippen molar-refractivity contribution in [3.63, 3.8) is 0 Å². The molecule has 0 fully saturated rings. The highest BCUT2D eigenvalue weighted by molar-refractivity contribution is 9.08. The molecule has 0 atom stereocenters. The summed E-state index contributed by atoms with van der Waals surface area (Å²) in [5.41, 5.74) is 2.08. The molecule has 0 spiro atoms. The van der Waals surface area contributed by atoms with E-state index in [1.807, 2.05) is 24.3 Å². The molecule has 1 aromatic rings. The molecule has 1 nitrogen and oxygen atoms in total. The molecule has 3 heteroatoms. The number of nitrogens with zero attached hydrogens (tertiary/aromatic N) is 1. The van der Waals surface area contributed by atoms with E-state index in [-0.39, 0.29) is 0 Å². The van der Waals surface area contributed by atoms with Crippen molar-refractivity contribution in [1.82, 2.24) is 0 Å². The highest BCUT2D eigenvalue weighted by Gasteiger charge is 1.89. The van der Waals surface area contributed by atoms with Crippen molar-refractivity contribution < 1.29 is 0 Å². The summed E-state index contributed by atoms with van der Waals surface area (Å²) in [7, 11) is 0. The Kier molecular flexibility index (Phi) is 3.43. The van der Waals surface area contributed by atoms with Crippen LogP contribution in [-0.4, -0.2) is 5.16 Å². The van der Waals surface area contributed by atoms with Gasteiger partial charge in [0.1, 0.15) is 0 Å². The first-order valence-electron chi connectivity index (χ1n) is 3.09. The molecule has 0 saturated heterocycles. The molecule has 1 aromatic carbocycles. The van der Waals surface area contributed by atoms with Crippen LogP contribution in [0, 0.1) is 0 Å². The monoisotopic (exact) mass is 227 g/mol. The van der Waals surface area contributed by atoms with Gasteiger partial charge in [0.15, 0.2) is 0 Å². The molecule has 0 N–H and O–H groups in total. The highest BCUT2D eigenvalue weighted by Crippen LogP contribution is 2.13. The van der Waals surface area contributed by atoms with Gasteiger partial charge in [0, 0.05) is 5.33 Å². The lowest BCUT2D eigenvalue weighted by Crippen LogP contribution is -1.73. The van der Waals surface area contributed by atoms with Gasteiger partial charge in [0.2, 0.25) is 0 Å². The maximum Gasteiger partial charge on any atom is 0.0739 e. The number of alkyl halides is 1. The van der Waals surface area contributed by atoms with Gasteiger partial charge in [0.05, 0.1) is 10.8 Å². The Morgan fingerprint density at radius 1 is 1.36 bits per heavy atom. The van der Waals surface area contributed by atoms with Gasteiger partial charge in [-0.25, -0.2) is 0 Å². The molecule has 0 aliphatic carbocycles. The SMILES string of the molecule is S=C=Nc1ccc(CBr)cc1. The first-order valence-corrected chi connectivity index (χ1v) is 4.62. The third-order valence-corrected chi connectivity index (χ3v) is 2.00. The second-order valence-electron chi connectivity index (χ2n) is 2.00. The molecule has 0 amide bonds. The third-order valence-electron chi connectivity index (χ3n) is 1.27. The van der Waals surface area contributed by atoms with Gasteiger partial charge in [0.25, 0.3) is 0 Å². The molecular formula is C8H6BrNS. The van der Waals surface area contributed by atoms with Crippen LogP contribution >= 0.6 is 28.1 Å². The molecule has 0 aromatic heterocycles. The van der Waals surface area contributed by atoms with Gasteiger partial charge < -0.3 is 0 Å². The van der Waals surface area contributed by atoms with E-state index in [4.69, 9.17) is 0 Å². The quantitative estimate of drug-likeness (QED) is 0.429. The predicted molar refractivity (Wildman–Crippen MR) is 53.8 cm³/mol. The van der Waals surface area contributed by atoms with Crippen LogP contribution in [0.3, 0.4) is 0 Å². The fourth-order valence-corrected chi connectivity index (χ4v) is 1.19. The fourth-order valence-electron chi connectivity index (χ4n) is 0.712. The fraction of sp³-hybridized carbons (Fsp3) is 0.125. The van der Waals surface area contributed by atoms with E-state index in [2.05, 4.69) is 38.3 Å². The minimum Gasteiger partial charge on any atom is -0.195 e. The van der Waals surface area contributed by atoms with E-state index in [0.29, 0.717) is 0 Å². The number of aliphatic imine (C=N–C) groups is 1. The molecule has 0 unspecified atom stereocenters. The van der Waals surface area contributed by atoms with Crippen molar-refractivity contribution in [3.05, 3.63) is 29.8 Å². The van der Waals surface area contributed by atoms with E-state index in [9.17, 15) is 0 Å². The first-order chi connectivity index (χ1) is 5.36. The van der Waals surface area contributed by atoms with Crippen LogP contribution < -0.4 is 0 Å². The van der Waals surface area contributed by atoms with E-state index < -0.39 is 0 Å². The molecule has 0 aliphatic heterocycles. The van der Waals surface area contributed by atoms with E-state index in [0.717, 1.165) is 11.0 Å². The molecule has 11 heavy (non-hydrogen) atoms. The summed E-state index contributed by atoms with van der Waals surface area (Å²) in [4.78, 5) is 3.83. The molecule has 56 valence electrons. The highest BCUT2D eigenvalue weighted by atomic mass is 79.9. The molecule has 0 heterocycles. The van der Waals surface area contributed by atoms with Gasteiger partial charge in [-0.05, 0) is 29.9 Å². The minimum absolute atomic E-state index is 0.852. The van der Waals surface area contributed by atoms with Gasteiger partial charge in [-0.3, -0.25) is 0 Å². The third kappa shape index (κ3) is 2.54. The molecular weight excluding hydrogens is 222 g/mol. The number of isothiocyanates is 1. The second kappa shape index (κ2) is 4.39. The smallest absolute Gasteiger partial charge is 0.0739 e. The Morgan fingerprint density at radius 2 is 2.00 bits per heavy atom. The molecule has 1 rings (SSSR count). The number of rotatable bonds is 2. The standard InChI is InChI=1S/C8H6BrNS/c9-5-7-1-3-8(4-2-7)10-6-11/h1-4H,5H2. The van der Waals surface area contributed by atoms with Crippen LogP contribution in [0.25, 0.3) is 0 Å². The zero-order valence-electron chi connectivity index (χ0n) is 5.75. The number of benzene rings is 1. The summed E-state index contributed by atoms with van der Waals surface area (Å²) in [6.45, 7) is 0. The number of thiocarbonyl (C=S) groups is 1. The maximum atomic E-state index is 4.47. The van der Waals surface area contributed by atoms with Gasteiger partial charge in [-0.15, -0.1) is 0 Å². The number of hydrogen-bond donors (Lipinski definition) is 0. The topological polar surface area (TPSA) is 12.4 Å². The minimum atomic E-state index is 0.852. The predicted octanol–water partition coefficient (Wildman–Crippen LogP) is 3.32. The average Bonchev–Trinajstić information content (AvgIpc) is 2.07. The van der Waals surface area contributed by atoms with Crippen molar-refractivity contribution in [2.45, 2.75) is 5.33 Å². The normalized spacial score (nSPS) is 8.82. The number of halogens is 1. The maximum absolute atomic E-state index is 4.47. The van der Waals surface area contributed by atoms with Gasteiger partial charge in [-0.2, -0.15) is 4.99 Å². The van der Waals surface area contributed by atoms with Crippen LogP contribution in [0.4, 0.5) is 5.69 Å². The Hall–Kier alpha value is -0.500. The van der Waals surface area contributed by atoms with Crippen molar-refractivity contribution in [1.29, 1.82) is 0 Å². The molecule has 0 aliphatic rings. The van der Waals surface area contributed by atoms with Crippen molar-refractivity contribution in [2.75, 3.05) is 0 Å². The number of hydrogen-bond acceptors (Lipinski definition) is 2. The zero-order valence-corrected chi connectivity index (χ0v) is 8.15. The average molecular weight is 228 g/mol. The first kappa shape index (κ1) is 8.60. The lowest BCUT2D eigenvalue weighted by molar-refractivity contribution is 1.42. The Morgan fingerprint density at radius 3 is 2.45 bits per heavy atom. The Balaban J connectivity index is 2.91. The summed E-state index contributed by atoms with van der Waals surface area (Å²) in [5, 5.41) is 3.19. The largest absolute Gasteiger partial charge is 0.195 e. The zero-order chi connectivity index (χ0) is 8.10. The van der Waals surface area contributed by atoms with Crippen molar-refractivity contribution in [3.8, 4) is 0 Å². The van der Waals surface area contributed by atoms with Crippen molar-refractivity contribution >= 4 is 39.0 Å². The summed E-state index contributed by atoms with van der Waals surface area (Å²) < 4.78 is 0.